The zero-order chi connectivity index (χ0) is 32.1. The Labute approximate surface area is 257 Å². The van der Waals surface area contributed by atoms with E-state index in [-0.39, 0.29) is 11.1 Å². The summed E-state index contributed by atoms with van der Waals surface area (Å²) < 4.78 is 12.5. The second-order valence-electron chi connectivity index (χ2n) is 12.6. The van der Waals surface area contributed by atoms with Crippen LogP contribution in [0.4, 0.5) is 5.82 Å². The maximum Gasteiger partial charge on any atom is 0.293 e. The third-order valence-electron chi connectivity index (χ3n) is 7.79. The van der Waals surface area contributed by atoms with E-state index >= 15 is 0 Å². The van der Waals surface area contributed by atoms with E-state index in [4.69, 9.17) is 9.84 Å². The van der Waals surface area contributed by atoms with Crippen molar-refractivity contribution in [2.45, 2.75) is 92.3 Å². The first-order chi connectivity index (χ1) is 19.9. The van der Waals surface area contributed by atoms with Gasteiger partial charge in [0.1, 0.15) is 5.60 Å². The molecular weight excluding hydrogens is 526 g/mol. The third kappa shape index (κ3) is 10.1. The molecule has 1 atom stereocenters. The molecule has 1 aliphatic carbocycles. The van der Waals surface area contributed by atoms with E-state index in [0.717, 1.165) is 32.0 Å². The summed E-state index contributed by atoms with van der Waals surface area (Å²) in [7, 11) is 4.01. The summed E-state index contributed by atoms with van der Waals surface area (Å²) in [6, 6.07) is 2.82. The van der Waals surface area contributed by atoms with E-state index in [0.29, 0.717) is 24.5 Å². The van der Waals surface area contributed by atoms with Crippen LogP contribution in [0.2, 0.25) is 0 Å². The van der Waals surface area contributed by atoms with Crippen molar-refractivity contribution in [3.63, 3.8) is 0 Å². The van der Waals surface area contributed by atoms with Gasteiger partial charge in [-0.05, 0) is 65.5 Å². The Bertz CT molecular complexity index is 997. The molecule has 0 aromatic carbocycles. The Hall–Kier alpha value is -2.42. The van der Waals surface area contributed by atoms with E-state index in [1.165, 1.54) is 37.2 Å². The number of hydrogen-bond donors (Lipinski definition) is 0. The highest BCUT2D eigenvalue weighted by Crippen LogP contribution is 2.53. The number of anilines is 1. The first-order valence-electron chi connectivity index (χ1n) is 15.7. The van der Waals surface area contributed by atoms with Gasteiger partial charge in [-0.3, -0.25) is 14.4 Å². The van der Waals surface area contributed by atoms with Gasteiger partial charge >= 0.3 is 0 Å². The number of ether oxygens (including phenoxy) is 2. The number of likely N-dealkylation sites (tertiary alicyclic amines) is 1. The number of carbonyl (C=O) groups is 1. The highest BCUT2D eigenvalue weighted by Gasteiger charge is 2.52. The van der Waals surface area contributed by atoms with Crippen LogP contribution in [-0.4, -0.2) is 97.2 Å². The lowest BCUT2D eigenvalue weighted by Crippen LogP contribution is -2.63. The minimum Gasteiger partial charge on any atom is -0.462 e. The predicted octanol–water partition coefficient (Wildman–Crippen LogP) is 6.29. The molecule has 0 N–H and O–H groups in total. The van der Waals surface area contributed by atoms with Crippen LogP contribution in [0.5, 0.6) is 0 Å². The lowest BCUT2D eigenvalue weighted by atomic mass is 9.61. The van der Waals surface area contributed by atoms with Crippen molar-refractivity contribution in [1.29, 1.82) is 0 Å². The summed E-state index contributed by atoms with van der Waals surface area (Å²) in [5.41, 5.74) is 2.59. The largest absolute Gasteiger partial charge is 0.462 e. The van der Waals surface area contributed by atoms with Crippen LogP contribution >= 0.6 is 0 Å². The monoisotopic (exact) mass is 587 g/mol. The summed E-state index contributed by atoms with van der Waals surface area (Å²) in [5, 5.41) is 5.12. The van der Waals surface area contributed by atoms with Crippen molar-refractivity contribution < 1.29 is 14.3 Å². The van der Waals surface area contributed by atoms with Crippen LogP contribution in [-0.2, 0) is 14.3 Å². The van der Waals surface area contributed by atoms with E-state index in [2.05, 4.69) is 64.2 Å². The molecule has 2 saturated heterocycles. The van der Waals surface area contributed by atoms with Crippen molar-refractivity contribution in [3.05, 3.63) is 48.7 Å². The zero-order valence-corrected chi connectivity index (χ0v) is 28.7. The summed E-state index contributed by atoms with van der Waals surface area (Å²) >= 11 is 0. The molecule has 0 radical (unpaired) electrons. The molecule has 42 heavy (non-hydrogen) atoms. The van der Waals surface area contributed by atoms with Crippen molar-refractivity contribution in [2.24, 2.45) is 5.41 Å². The molecule has 8 nitrogen and oxygen atoms in total. The second-order valence-corrected chi connectivity index (χ2v) is 12.6. The lowest BCUT2D eigenvalue weighted by Gasteiger charge is -2.58. The number of allylic oxidation sites excluding steroid dienone is 2. The molecule has 8 heteroatoms. The summed E-state index contributed by atoms with van der Waals surface area (Å²) in [6.45, 7) is 33.1. The Kier molecular flexibility index (Phi) is 15.2. The van der Waals surface area contributed by atoms with Gasteiger partial charge < -0.3 is 19.3 Å². The van der Waals surface area contributed by atoms with Crippen LogP contribution in [0.1, 0.15) is 80.0 Å². The Morgan fingerprint density at radius 3 is 2.19 bits per heavy atom. The molecular formula is C34H61N5O3. The Morgan fingerprint density at radius 1 is 1.12 bits per heavy atom. The average molecular weight is 588 g/mol. The van der Waals surface area contributed by atoms with Crippen LogP contribution in [0.15, 0.2) is 43.0 Å². The second kappa shape index (κ2) is 17.0. The van der Waals surface area contributed by atoms with Gasteiger partial charge in [0.05, 0.1) is 18.2 Å². The van der Waals surface area contributed by atoms with Gasteiger partial charge in [0.15, 0.2) is 5.82 Å². The van der Waals surface area contributed by atoms with E-state index in [1.807, 2.05) is 66.7 Å². The van der Waals surface area contributed by atoms with E-state index in [1.54, 1.807) is 7.11 Å². The van der Waals surface area contributed by atoms with Gasteiger partial charge in [0, 0.05) is 58.1 Å². The summed E-state index contributed by atoms with van der Waals surface area (Å²) in [4.78, 5) is 17.0. The Balaban J connectivity index is 0.000000696. The van der Waals surface area contributed by atoms with Gasteiger partial charge in [-0.2, -0.15) is 5.10 Å². The van der Waals surface area contributed by atoms with Crippen LogP contribution in [0, 0.1) is 12.3 Å². The van der Waals surface area contributed by atoms with E-state index in [9.17, 15) is 4.79 Å². The van der Waals surface area contributed by atoms with Gasteiger partial charge in [-0.15, -0.1) is 0 Å². The highest BCUT2D eigenvalue weighted by molar-refractivity contribution is 5.45. The number of hydrogen-bond acceptors (Lipinski definition) is 7. The molecule has 1 saturated carbocycles. The third-order valence-corrected chi connectivity index (χ3v) is 7.79. The predicted molar refractivity (Wildman–Crippen MR) is 177 cm³/mol. The maximum absolute atomic E-state index is 9.60. The Morgan fingerprint density at radius 2 is 1.74 bits per heavy atom. The van der Waals surface area contributed by atoms with Crippen molar-refractivity contribution in [1.82, 2.24) is 19.6 Å². The maximum atomic E-state index is 9.60. The van der Waals surface area contributed by atoms with Gasteiger partial charge in [-0.1, -0.05) is 59.1 Å². The minimum absolute atomic E-state index is 0.128. The molecule has 2 aliphatic heterocycles. The molecule has 3 heterocycles. The topological polar surface area (TPSA) is 63.1 Å². The molecule has 0 bridgehead atoms. The first kappa shape index (κ1) is 37.6. The number of methoxy groups -OCH3 is 1. The molecule has 1 aromatic rings. The molecule has 3 fully saturated rings. The highest BCUT2D eigenvalue weighted by atomic mass is 16.5. The van der Waals surface area contributed by atoms with Crippen molar-refractivity contribution in [2.75, 3.05) is 64.9 Å². The quantitative estimate of drug-likeness (QED) is 0.248. The van der Waals surface area contributed by atoms with Crippen LogP contribution in [0.25, 0.3) is 0 Å². The fourth-order valence-corrected chi connectivity index (χ4v) is 6.30. The van der Waals surface area contributed by atoms with Gasteiger partial charge in [0.2, 0.25) is 0 Å². The SMILES string of the molecule is C=C/C=C(\C=C)CN1CCN(c2cc(C)n(C3CC4(C3)CN(C)C4)n2)C(C)(COC)C1.CC.CC.CC(C)(C)OC=O. The molecule has 1 aromatic heterocycles. The number of piperazine rings is 1. The molecule has 3 aliphatic rings. The molecule has 240 valence electrons. The zero-order valence-electron chi connectivity index (χ0n) is 28.7. The number of rotatable bonds is 9. The van der Waals surface area contributed by atoms with Crippen LogP contribution < -0.4 is 4.90 Å². The van der Waals surface area contributed by atoms with Gasteiger partial charge in [0.25, 0.3) is 6.47 Å². The number of carbonyl (C=O) groups excluding carboxylic acids is 1. The van der Waals surface area contributed by atoms with Crippen LogP contribution in [0.3, 0.4) is 0 Å². The number of aromatic nitrogens is 2. The molecule has 1 unspecified atom stereocenters. The normalized spacial score (nSPS) is 22.2. The standard InChI is InChI=1S/C25H39N5O.C5H10O2.2C2H6/c1-7-9-21(8-2)15-28-10-11-29(24(4,16-28)19-31-6)23-12-20(3)30(26-23)22-13-25(14-22)17-27(5)18-25;1-5(2,3)7-4-6;2*1-2/h7-9,12,22H,1-2,10-11,13-19H2,3-6H3;4H,1-3H3;2*1-2H3/b21-9+;;;. The smallest absolute Gasteiger partial charge is 0.293 e. The number of aryl methyl sites for hydroxylation is 1. The van der Waals surface area contributed by atoms with E-state index < -0.39 is 0 Å². The fraction of sp³-hybridized carbons (Fsp3) is 0.706. The average Bonchev–Trinajstić information content (AvgIpc) is 3.27. The summed E-state index contributed by atoms with van der Waals surface area (Å²) in [6.07, 6.45) is 8.34. The lowest BCUT2D eigenvalue weighted by molar-refractivity contribution is -0.138. The minimum atomic E-state index is -0.318. The fourth-order valence-electron chi connectivity index (χ4n) is 6.30. The number of nitrogens with zero attached hydrogens (tertiary/aromatic N) is 5. The van der Waals surface area contributed by atoms with Gasteiger partial charge in [-0.25, -0.2) is 0 Å². The van der Waals surface area contributed by atoms with Crippen molar-refractivity contribution in [3.8, 4) is 0 Å². The first-order valence-corrected chi connectivity index (χ1v) is 15.7. The van der Waals surface area contributed by atoms with Crippen molar-refractivity contribution >= 4 is 12.3 Å². The molecule has 0 amide bonds. The molecule has 4 rings (SSSR count). The summed E-state index contributed by atoms with van der Waals surface area (Å²) in [5.74, 6) is 1.09. The molecule has 1 spiro atoms.